The summed E-state index contributed by atoms with van der Waals surface area (Å²) in [6, 6.07) is 3.53. The number of nitrogens with zero attached hydrogens (tertiary/aromatic N) is 2. The fourth-order valence-electron chi connectivity index (χ4n) is 1.36. The summed E-state index contributed by atoms with van der Waals surface area (Å²) >= 11 is 3.20. The number of amidine groups is 1. The van der Waals surface area contributed by atoms with Crippen LogP contribution >= 0.6 is 23.5 Å². The number of thioether (sulfide) groups is 2. The fourth-order valence-corrected chi connectivity index (χ4v) is 2.72. The van der Waals surface area contributed by atoms with Crippen molar-refractivity contribution < 1.29 is 4.79 Å². The molecule has 0 bridgehead atoms. The lowest BCUT2D eigenvalue weighted by molar-refractivity contribution is 0.0977. The summed E-state index contributed by atoms with van der Waals surface area (Å²) in [7, 11) is 0. The molecular weight excluding hydrogens is 254 g/mol. The fraction of sp³-hybridized carbons (Fsp3) is 0.364. The molecule has 90 valence electrons. The Morgan fingerprint density at radius 3 is 3.24 bits per heavy atom. The van der Waals surface area contributed by atoms with E-state index in [0.717, 1.165) is 28.2 Å². The molecule has 4 nitrogen and oxygen atoms in total. The maximum absolute atomic E-state index is 11.9. The first-order chi connectivity index (χ1) is 8.29. The van der Waals surface area contributed by atoms with E-state index in [9.17, 15) is 4.79 Å². The SMILES string of the molecule is CCSc1cc(C(=O)NC2=NCCS2)ccn1. The number of carbonyl (C=O) groups is 1. The summed E-state index contributed by atoms with van der Waals surface area (Å²) in [4.78, 5) is 20.3. The zero-order valence-electron chi connectivity index (χ0n) is 9.47. The van der Waals surface area contributed by atoms with Gasteiger partial charge in [0.25, 0.3) is 5.91 Å². The van der Waals surface area contributed by atoms with E-state index in [0.29, 0.717) is 5.56 Å². The second-order valence-electron chi connectivity index (χ2n) is 3.31. The van der Waals surface area contributed by atoms with E-state index in [1.54, 1.807) is 35.8 Å². The van der Waals surface area contributed by atoms with Gasteiger partial charge in [-0.15, -0.1) is 11.8 Å². The molecule has 17 heavy (non-hydrogen) atoms. The van der Waals surface area contributed by atoms with Crippen molar-refractivity contribution in [3.05, 3.63) is 23.9 Å². The summed E-state index contributed by atoms with van der Waals surface area (Å²) in [6.45, 7) is 2.84. The van der Waals surface area contributed by atoms with Crippen molar-refractivity contribution >= 4 is 34.6 Å². The number of aromatic nitrogens is 1. The lowest BCUT2D eigenvalue weighted by Crippen LogP contribution is -2.27. The van der Waals surface area contributed by atoms with E-state index in [2.05, 4.69) is 22.2 Å². The van der Waals surface area contributed by atoms with Crippen LogP contribution in [0.4, 0.5) is 0 Å². The first kappa shape index (κ1) is 12.4. The van der Waals surface area contributed by atoms with Gasteiger partial charge in [0.05, 0.1) is 11.6 Å². The van der Waals surface area contributed by atoms with Crippen LogP contribution in [0.2, 0.25) is 0 Å². The zero-order chi connectivity index (χ0) is 12.1. The van der Waals surface area contributed by atoms with E-state index in [1.165, 1.54) is 0 Å². The molecule has 1 aliphatic heterocycles. The Labute approximate surface area is 109 Å². The number of rotatable bonds is 3. The Hall–Kier alpha value is -1.01. The molecule has 0 radical (unpaired) electrons. The number of pyridine rings is 1. The molecule has 0 fully saturated rings. The van der Waals surface area contributed by atoms with Crippen LogP contribution in [0.5, 0.6) is 0 Å². The molecule has 2 heterocycles. The number of hydrogen-bond donors (Lipinski definition) is 1. The Bertz CT molecular complexity index is 448. The van der Waals surface area contributed by atoms with Crippen molar-refractivity contribution in [2.45, 2.75) is 11.9 Å². The summed E-state index contributed by atoms with van der Waals surface area (Å²) in [5.74, 6) is 1.78. The van der Waals surface area contributed by atoms with E-state index in [1.807, 2.05) is 6.07 Å². The maximum atomic E-state index is 11.9. The maximum Gasteiger partial charge on any atom is 0.257 e. The van der Waals surface area contributed by atoms with Gasteiger partial charge < -0.3 is 5.32 Å². The van der Waals surface area contributed by atoms with Crippen molar-refractivity contribution in [3.63, 3.8) is 0 Å². The van der Waals surface area contributed by atoms with Crippen molar-refractivity contribution in [1.29, 1.82) is 0 Å². The smallest absolute Gasteiger partial charge is 0.257 e. The van der Waals surface area contributed by atoms with Crippen LogP contribution < -0.4 is 5.32 Å². The van der Waals surface area contributed by atoms with E-state index in [-0.39, 0.29) is 5.91 Å². The molecular formula is C11H13N3OS2. The van der Waals surface area contributed by atoms with Gasteiger partial charge in [-0.3, -0.25) is 9.79 Å². The molecule has 0 saturated heterocycles. The number of nitrogens with one attached hydrogen (secondary N) is 1. The number of hydrogen-bond acceptors (Lipinski definition) is 5. The van der Waals surface area contributed by atoms with Crippen LogP contribution in [0, 0.1) is 0 Å². The minimum absolute atomic E-state index is 0.112. The third kappa shape index (κ3) is 3.47. The average molecular weight is 267 g/mol. The van der Waals surface area contributed by atoms with Crippen LogP contribution in [0.25, 0.3) is 0 Å². The molecule has 0 aliphatic carbocycles. The third-order valence-corrected chi connectivity index (χ3v) is 3.79. The highest BCUT2D eigenvalue weighted by molar-refractivity contribution is 8.14. The molecule has 6 heteroatoms. The molecule has 0 atom stereocenters. The lowest BCUT2D eigenvalue weighted by Gasteiger charge is -2.04. The first-order valence-corrected chi connectivity index (χ1v) is 7.34. The highest BCUT2D eigenvalue weighted by Crippen LogP contribution is 2.16. The van der Waals surface area contributed by atoms with Gasteiger partial charge in [-0.05, 0) is 17.9 Å². The Balaban J connectivity index is 2.05. The monoisotopic (exact) mass is 267 g/mol. The summed E-state index contributed by atoms with van der Waals surface area (Å²) in [5, 5.41) is 4.40. The van der Waals surface area contributed by atoms with Crippen molar-refractivity contribution in [1.82, 2.24) is 10.3 Å². The van der Waals surface area contributed by atoms with Gasteiger partial charge in [-0.25, -0.2) is 4.98 Å². The number of aliphatic imine (C=N–C) groups is 1. The van der Waals surface area contributed by atoms with Crippen LogP contribution in [-0.2, 0) is 0 Å². The molecule has 1 aromatic heterocycles. The lowest BCUT2D eigenvalue weighted by atomic mass is 10.2. The molecule has 0 unspecified atom stereocenters. The molecule has 0 spiro atoms. The third-order valence-electron chi connectivity index (χ3n) is 2.10. The predicted octanol–water partition coefficient (Wildman–Crippen LogP) is 2.03. The zero-order valence-corrected chi connectivity index (χ0v) is 11.1. The van der Waals surface area contributed by atoms with Crippen LogP contribution in [-0.4, -0.2) is 34.1 Å². The van der Waals surface area contributed by atoms with E-state index < -0.39 is 0 Å². The van der Waals surface area contributed by atoms with E-state index >= 15 is 0 Å². The molecule has 1 amide bonds. The summed E-state index contributed by atoms with van der Waals surface area (Å²) in [6.07, 6.45) is 1.66. The van der Waals surface area contributed by atoms with Gasteiger partial charge in [0.2, 0.25) is 0 Å². The number of amides is 1. The second-order valence-corrected chi connectivity index (χ2v) is 5.67. The largest absolute Gasteiger partial charge is 0.301 e. The topological polar surface area (TPSA) is 54.4 Å². The van der Waals surface area contributed by atoms with Gasteiger partial charge in [0, 0.05) is 17.5 Å². The minimum atomic E-state index is -0.112. The van der Waals surface area contributed by atoms with Gasteiger partial charge in [-0.2, -0.15) is 0 Å². The second kappa shape index (κ2) is 6.07. The van der Waals surface area contributed by atoms with Crippen LogP contribution in [0.3, 0.4) is 0 Å². The molecule has 1 aliphatic rings. The quantitative estimate of drug-likeness (QED) is 0.851. The average Bonchev–Trinajstić information content (AvgIpc) is 2.83. The molecule has 1 aromatic rings. The van der Waals surface area contributed by atoms with Crippen LogP contribution in [0.15, 0.2) is 28.3 Å². The normalized spacial score (nSPS) is 14.5. The van der Waals surface area contributed by atoms with Crippen molar-refractivity contribution in [2.24, 2.45) is 4.99 Å². The molecule has 1 N–H and O–H groups in total. The van der Waals surface area contributed by atoms with Gasteiger partial charge in [0.1, 0.15) is 0 Å². The highest BCUT2D eigenvalue weighted by atomic mass is 32.2. The molecule has 2 rings (SSSR count). The van der Waals surface area contributed by atoms with Crippen molar-refractivity contribution in [2.75, 3.05) is 18.1 Å². The summed E-state index contributed by atoms with van der Waals surface area (Å²) < 4.78 is 0. The Morgan fingerprint density at radius 1 is 1.65 bits per heavy atom. The first-order valence-electron chi connectivity index (χ1n) is 5.37. The van der Waals surface area contributed by atoms with Crippen molar-refractivity contribution in [3.8, 4) is 0 Å². The van der Waals surface area contributed by atoms with Gasteiger partial charge in [0.15, 0.2) is 5.17 Å². The Kier molecular flexibility index (Phi) is 4.44. The minimum Gasteiger partial charge on any atom is -0.301 e. The van der Waals surface area contributed by atoms with Gasteiger partial charge in [-0.1, -0.05) is 18.7 Å². The van der Waals surface area contributed by atoms with Crippen LogP contribution in [0.1, 0.15) is 17.3 Å². The highest BCUT2D eigenvalue weighted by Gasteiger charge is 2.12. The standard InChI is InChI=1S/C11H13N3OS2/c1-2-16-9-7-8(3-4-12-9)10(15)14-11-13-5-6-17-11/h3-4,7H,2,5-6H2,1H3,(H,13,14,15). The van der Waals surface area contributed by atoms with E-state index in [4.69, 9.17) is 0 Å². The molecule has 0 saturated carbocycles. The number of carbonyl (C=O) groups excluding carboxylic acids is 1. The summed E-state index contributed by atoms with van der Waals surface area (Å²) in [5.41, 5.74) is 0.631. The molecule has 0 aromatic carbocycles. The predicted molar refractivity (Wildman–Crippen MR) is 72.9 cm³/mol. The van der Waals surface area contributed by atoms with Gasteiger partial charge >= 0.3 is 0 Å². The Morgan fingerprint density at radius 2 is 2.53 bits per heavy atom.